The van der Waals surface area contributed by atoms with Gasteiger partial charge in [0.25, 0.3) is 0 Å². The summed E-state index contributed by atoms with van der Waals surface area (Å²) in [6.07, 6.45) is 0. The molecule has 0 unspecified atom stereocenters. The summed E-state index contributed by atoms with van der Waals surface area (Å²) in [4.78, 5) is 1.10. The van der Waals surface area contributed by atoms with E-state index < -0.39 is 0 Å². The monoisotopic (exact) mass is 343 g/mol. The summed E-state index contributed by atoms with van der Waals surface area (Å²) in [5.74, 6) is 1.42. The van der Waals surface area contributed by atoms with Crippen molar-refractivity contribution in [1.29, 1.82) is 0 Å². The molecule has 0 saturated carbocycles. The van der Waals surface area contributed by atoms with Gasteiger partial charge < -0.3 is 10.1 Å². The second-order valence-corrected chi connectivity index (χ2v) is 7.44. The second-order valence-electron chi connectivity index (χ2n) is 5.24. The fourth-order valence-electron chi connectivity index (χ4n) is 1.91. The minimum atomic E-state index is 0.509. The van der Waals surface area contributed by atoms with Gasteiger partial charge >= 0.3 is 0 Å². The number of nitrogens with one attached hydrogen (secondary N) is 1. The van der Waals surface area contributed by atoms with Gasteiger partial charge in [0.1, 0.15) is 12.4 Å². The van der Waals surface area contributed by atoms with Crippen LogP contribution in [0.4, 0.5) is 0 Å². The van der Waals surface area contributed by atoms with E-state index in [-0.39, 0.29) is 0 Å². The van der Waals surface area contributed by atoms with Crippen molar-refractivity contribution < 1.29 is 4.74 Å². The first kappa shape index (κ1) is 16.6. The summed E-state index contributed by atoms with van der Waals surface area (Å²) in [7, 11) is 0. The molecular formula is C16H19Cl2NOS. The maximum atomic E-state index is 6.29. The molecule has 0 atom stereocenters. The fraction of sp³-hybridized carbons (Fsp3) is 0.375. The molecule has 0 aliphatic carbocycles. The van der Waals surface area contributed by atoms with Gasteiger partial charge in [0.05, 0.1) is 4.34 Å². The van der Waals surface area contributed by atoms with E-state index in [2.05, 4.69) is 19.2 Å². The van der Waals surface area contributed by atoms with Crippen LogP contribution < -0.4 is 10.1 Å². The van der Waals surface area contributed by atoms with Crippen molar-refractivity contribution in [3.63, 3.8) is 0 Å². The summed E-state index contributed by atoms with van der Waals surface area (Å²) in [6, 6.07) is 9.61. The van der Waals surface area contributed by atoms with E-state index in [4.69, 9.17) is 27.9 Å². The molecule has 0 aliphatic heterocycles. The van der Waals surface area contributed by atoms with Gasteiger partial charge in [0, 0.05) is 22.0 Å². The highest BCUT2D eigenvalue weighted by Crippen LogP contribution is 2.28. The molecule has 0 bridgehead atoms. The van der Waals surface area contributed by atoms with Crippen LogP contribution in [0.3, 0.4) is 0 Å². The van der Waals surface area contributed by atoms with Gasteiger partial charge in [-0.25, -0.2) is 0 Å². The number of benzene rings is 1. The molecule has 0 radical (unpaired) electrons. The molecule has 5 heteroatoms. The van der Waals surface area contributed by atoms with Crippen LogP contribution in [0.15, 0.2) is 30.3 Å². The van der Waals surface area contributed by atoms with E-state index in [1.165, 1.54) is 11.3 Å². The Bertz CT molecular complexity index is 583. The van der Waals surface area contributed by atoms with E-state index >= 15 is 0 Å². The highest BCUT2D eigenvalue weighted by molar-refractivity contribution is 7.16. The average molecular weight is 344 g/mol. The van der Waals surface area contributed by atoms with Crippen molar-refractivity contribution in [1.82, 2.24) is 5.32 Å². The lowest BCUT2D eigenvalue weighted by molar-refractivity contribution is 0.305. The third-order valence-electron chi connectivity index (χ3n) is 2.93. The molecule has 2 rings (SSSR count). The van der Waals surface area contributed by atoms with Gasteiger partial charge in [0.2, 0.25) is 0 Å². The van der Waals surface area contributed by atoms with Crippen LogP contribution in [-0.4, -0.2) is 6.54 Å². The number of ether oxygens (including phenoxy) is 1. The molecule has 114 valence electrons. The Morgan fingerprint density at radius 2 is 2.00 bits per heavy atom. The van der Waals surface area contributed by atoms with E-state index in [1.807, 2.05) is 30.3 Å². The Morgan fingerprint density at radius 3 is 2.67 bits per heavy atom. The Hall–Kier alpha value is -0.740. The van der Waals surface area contributed by atoms with Gasteiger partial charge in [-0.15, -0.1) is 11.3 Å². The largest absolute Gasteiger partial charge is 0.488 e. The van der Waals surface area contributed by atoms with E-state index in [9.17, 15) is 0 Å². The first-order valence-corrected chi connectivity index (χ1v) is 8.48. The Kier molecular flexibility index (Phi) is 6.37. The number of thiophene rings is 1. The molecule has 1 N–H and O–H groups in total. The Morgan fingerprint density at radius 1 is 1.19 bits per heavy atom. The van der Waals surface area contributed by atoms with Crippen molar-refractivity contribution in [2.75, 3.05) is 6.54 Å². The standard InChI is InChI=1S/C16H19Cl2NOS/c1-11(2)8-19-9-13-14(17)4-3-5-15(13)20-10-12-6-7-16(18)21-12/h3-7,11,19H,8-10H2,1-2H3. The predicted octanol–water partition coefficient (Wildman–Crippen LogP) is 5.38. The average Bonchev–Trinajstić information content (AvgIpc) is 2.84. The van der Waals surface area contributed by atoms with Crippen LogP contribution in [0.5, 0.6) is 5.75 Å². The minimum Gasteiger partial charge on any atom is -0.488 e. The molecule has 1 aromatic heterocycles. The van der Waals surface area contributed by atoms with Crippen molar-refractivity contribution >= 4 is 34.5 Å². The van der Waals surface area contributed by atoms with Gasteiger partial charge in [-0.05, 0) is 36.7 Å². The molecular weight excluding hydrogens is 325 g/mol. The molecule has 1 aromatic carbocycles. The highest BCUT2D eigenvalue weighted by atomic mass is 35.5. The van der Waals surface area contributed by atoms with Gasteiger partial charge in [0.15, 0.2) is 0 Å². The molecule has 0 aliphatic rings. The van der Waals surface area contributed by atoms with Crippen LogP contribution >= 0.6 is 34.5 Å². The molecule has 0 fully saturated rings. The van der Waals surface area contributed by atoms with Crippen molar-refractivity contribution in [3.8, 4) is 5.75 Å². The van der Waals surface area contributed by atoms with Gasteiger partial charge in [-0.2, -0.15) is 0 Å². The third kappa shape index (κ3) is 5.19. The van der Waals surface area contributed by atoms with Crippen LogP contribution in [0.1, 0.15) is 24.3 Å². The summed E-state index contributed by atoms with van der Waals surface area (Å²) >= 11 is 13.8. The first-order valence-electron chi connectivity index (χ1n) is 6.91. The topological polar surface area (TPSA) is 21.3 Å². The molecule has 0 amide bonds. The number of hydrogen-bond donors (Lipinski definition) is 1. The molecule has 0 spiro atoms. The summed E-state index contributed by atoms with van der Waals surface area (Å²) in [5, 5.41) is 4.13. The van der Waals surface area contributed by atoms with Crippen molar-refractivity contribution in [2.24, 2.45) is 5.92 Å². The minimum absolute atomic E-state index is 0.509. The predicted molar refractivity (Wildman–Crippen MR) is 91.7 cm³/mol. The van der Waals surface area contributed by atoms with E-state index in [1.54, 1.807) is 0 Å². The number of halogens is 2. The molecule has 0 saturated heterocycles. The molecule has 2 nitrogen and oxygen atoms in total. The lowest BCUT2D eigenvalue weighted by Crippen LogP contribution is -2.19. The highest BCUT2D eigenvalue weighted by Gasteiger charge is 2.09. The maximum Gasteiger partial charge on any atom is 0.125 e. The van der Waals surface area contributed by atoms with Crippen LogP contribution in [0, 0.1) is 5.92 Å². The third-order valence-corrected chi connectivity index (χ3v) is 4.49. The maximum absolute atomic E-state index is 6.29. The van der Waals surface area contributed by atoms with Crippen LogP contribution in [0.25, 0.3) is 0 Å². The second kappa shape index (κ2) is 8.04. The number of rotatable bonds is 7. The lowest BCUT2D eigenvalue weighted by atomic mass is 10.1. The summed E-state index contributed by atoms with van der Waals surface area (Å²) < 4.78 is 6.68. The zero-order valence-electron chi connectivity index (χ0n) is 12.2. The van der Waals surface area contributed by atoms with Crippen molar-refractivity contribution in [2.45, 2.75) is 27.0 Å². The van der Waals surface area contributed by atoms with Gasteiger partial charge in [-0.3, -0.25) is 0 Å². The fourth-order valence-corrected chi connectivity index (χ4v) is 3.14. The summed E-state index contributed by atoms with van der Waals surface area (Å²) in [5.41, 5.74) is 1.00. The van der Waals surface area contributed by atoms with E-state index in [0.29, 0.717) is 19.1 Å². The first-order chi connectivity index (χ1) is 10.1. The zero-order chi connectivity index (χ0) is 15.2. The SMILES string of the molecule is CC(C)CNCc1c(Cl)cccc1OCc1ccc(Cl)s1. The molecule has 1 heterocycles. The normalized spacial score (nSPS) is 11.1. The van der Waals surface area contributed by atoms with Crippen molar-refractivity contribution in [3.05, 3.63) is 50.1 Å². The lowest BCUT2D eigenvalue weighted by Gasteiger charge is -2.14. The molecule has 21 heavy (non-hydrogen) atoms. The Labute approximate surface area is 140 Å². The quantitative estimate of drug-likeness (QED) is 0.728. The smallest absolute Gasteiger partial charge is 0.125 e. The van der Waals surface area contributed by atoms with Gasteiger partial charge in [-0.1, -0.05) is 43.1 Å². The van der Waals surface area contributed by atoms with Crippen LogP contribution in [0.2, 0.25) is 9.36 Å². The zero-order valence-corrected chi connectivity index (χ0v) is 14.5. The van der Waals surface area contributed by atoms with E-state index in [0.717, 1.165) is 32.1 Å². The Balaban J connectivity index is 2.02. The number of hydrogen-bond acceptors (Lipinski definition) is 3. The molecule has 2 aromatic rings. The van der Waals surface area contributed by atoms with Crippen LogP contribution in [-0.2, 0) is 13.2 Å². The summed E-state index contributed by atoms with van der Waals surface area (Å²) in [6.45, 7) is 6.52.